The number of hydrogen-bond acceptors (Lipinski definition) is 5. The van der Waals surface area contributed by atoms with Gasteiger partial charge in [0.2, 0.25) is 5.91 Å². The van der Waals surface area contributed by atoms with Crippen molar-refractivity contribution in [3.8, 4) is 0 Å². The molecule has 2 aliphatic heterocycles. The van der Waals surface area contributed by atoms with Crippen molar-refractivity contribution >= 4 is 11.9 Å². The zero-order chi connectivity index (χ0) is 12.6. The molecule has 0 unspecified atom stereocenters. The number of carbonyl (C=O) groups is 2. The third-order valence-corrected chi connectivity index (χ3v) is 2.86. The van der Waals surface area contributed by atoms with E-state index in [-0.39, 0.29) is 13.0 Å². The van der Waals surface area contributed by atoms with E-state index in [9.17, 15) is 19.1 Å². The number of aliphatic hydroxyl groups is 2. The van der Waals surface area contributed by atoms with Gasteiger partial charge in [-0.3, -0.25) is 15.0 Å². The average molecular weight is 248 g/mol. The third kappa shape index (κ3) is 2.11. The Balaban J connectivity index is 2.11. The van der Waals surface area contributed by atoms with Crippen molar-refractivity contribution in [1.82, 2.24) is 10.2 Å². The highest BCUT2D eigenvalue weighted by molar-refractivity contribution is 5.96. The molecule has 2 saturated heterocycles. The maximum atomic E-state index is 14.3. The number of rotatable bonds is 2. The largest absolute Gasteiger partial charge is 0.394 e. The zero-order valence-electron chi connectivity index (χ0n) is 8.93. The van der Waals surface area contributed by atoms with Gasteiger partial charge in [0, 0.05) is 13.0 Å². The van der Waals surface area contributed by atoms with Gasteiger partial charge in [0.15, 0.2) is 0 Å². The van der Waals surface area contributed by atoms with Crippen LogP contribution in [0.1, 0.15) is 12.8 Å². The molecule has 2 aliphatic rings. The number of ether oxygens (including phenoxy) is 1. The number of alkyl halides is 1. The summed E-state index contributed by atoms with van der Waals surface area (Å²) in [5, 5.41) is 20.3. The molecule has 3 N–H and O–H groups in total. The molecule has 3 atom stereocenters. The van der Waals surface area contributed by atoms with Gasteiger partial charge >= 0.3 is 6.03 Å². The van der Waals surface area contributed by atoms with Crippen LogP contribution in [-0.2, 0) is 9.53 Å². The van der Waals surface area contributed by atoms with Crippen LogP contribution in [0.15, 0.2) is 0 Å². The fourth-order valence-corrected chi connectivity index (χ4v) is 1.96. The Morgan fingerprint density at radius 2 is 2.29 bits per heavy atom. The minimum atomic E-state index is -2.47. The van der Waals surface area contributed by atoms with Crippen LogP contribution in [-0.4, -0.2) is 58.4 Å². The second-order valence-corrected chi connectivity index (χ2v) is 4.05. The van der Waals surface area contributed by atoms with Crippen molar-refractivity contribution in [1.29, 1.82) is 0 Å². The second-order valence-electron chi connectivity index (χ2n) is 4.05. The maximum Gasteiger partial charge on any atom is 0.328 e. The number of aliphatic hydroxyl groups excluding tert-OH is 2. The molecule has 96 valence electrons. The van der Waals surface area contributed by atoms with Crippen molar-refractivity contribution in [3.63, 3.8) is 0 Å². The van der Waals surface area contributed by atoms with Crippen molar-refractivity contribution in [3.05, 3.63) is 0 Å². The smallest absolute Gasteiger partial charge is 0.328 e. The molecular formula is C9H13FN2O5. The fourth-order valence-electron chi connectivity index (χ4n) is 1.96. The number of nitrogens with zero attached hydrogens (tertiary/aromatic N) is 1. The SMILES string of the molecule is O=C1CCN([C@]2(F)C[C@H](O)[C@@H](CO)O2)C(=O)N1. The Morgan fingerprint density at radius 1 is 1.59 bits per heavy atom. The Hall–Kier alpha value is -1.25. The number of carbonyl (C=O) groups excluding carboxylic acids is 2. The molecule has 0 aromatic heterocycles. The van der Waals surface area contributed by atoms with Gasteiger partial charge in [0.1, 0.15) is 6.10 Å². The molecule has 2 fully saturated rings. The van der Waals surface area contributed by atoms with E-state index in [0.717, 1.165) is 0 Å². The van der Waals surface area contributed by atoms with Crippen LogP contribution in [0.5, 0.6) is 0 Å². The van der Waals surface area contributed by atoms with E-state index in [0.29, 0.717) is 4.90 Å². The molecule has 0 aromatic rings. The first-order valence-electron chi connectivity index (χ1n) is 5.23. The fraction of sp³-hybridized carbons (Fsp3) is 0.778. The van der Waals surface area contributed by atoms with Crippen molar-refractivity contribution in [2.75, 3.05) is 13.2 Å². The van der Waals surface area contributed by atoms with E-state index in [4.69, 9.17) is 9.84 Å². The van der Waals surface area contributed by atoms with Crippen LogP contribution in [0, 0.1) is 0 Å². The molecule has 0 spiro atoms. The van der Waals surface area contributed by atoms with Crippen LogP contribution in [0.25, 0.3) is 0 Å². The molecule has 0 saturated carbocycles. The summed E-state index contributed by atoms with van der Waals surface area (Å²) in [6, 6.07) is -0.894. The van der Waals surface area contributed by atoms with Crippen molar-refractivity contribution < 1.29 is 28.9 Å². The quantitative estimate of drug-likeness (QED) is 0.527. The molecule has 0 bridgehead atoms. The summed E-state index contributed by atoms with van der Waals surface area (Å²) < 4.78 is 19.2. The highest BCUT2D eigenvalue weighted by Gasteiger charge is 2.53. The summed E-state index contributed by atoms with van der Waals surface area (Å²) >= 11 is 0. The number of imide groups is 1. The van der Waals surface area contributed by atoms with E-state index >= 15 is 0 Å². The lowest BCUT2D eigenvalue weighted by Crippen LogP contribution is -2.58. The lowest BCUT2D eigenvalue weighted by Gasteiger charge is -2.35. The molecule has 17 heavy (non-hydrogen) atoms. The molecule has 8 heteroatoms. The highest BCUT2D eigenvalue weighted by atomic mass is 19.2. The van der Waals surface area contributed by atoms with Crippen LogP contribution in [0.2, 0.25) is 0 Å². The summed E-state index contributed by atoms with van der Waals surface area (Å²) in [5.74, 6) is -2.95. The number of amides is 3. The number of hydrogen-bond donors (Lipinski definition) is 3. The third-order valence-electron chi connectivity index (χ3n) is 2.86. The first kappa shape index (κ1) is 12.2. The summed E-state index contributed by atoms with van der Waals surface area (Å²) in [4.78, 5) is 23.1. The molecule has 3 amide bonds. The first-order valence-corrected chi connectivity index (χ1v) is 5.23. The number of urea groups is 1. The topological polar surface area (TPSA) is 99.1 Å². The van der Waals surface area contributed by atoms with Crippen LogP contribution >= 0.6 is 0 Å². The van der Waals surface area contributed by atoms with Gasteiger partial charge in [-0.15, -0.1) is 0 Å². The average Bonchev–Trinajstić information content (AvgIpc) is 2.54. The normalized spacial score (nSPS) is 38.4. The van der Waals surface area contributed by atoms with Gasteiger partial charge in [-0.25, -0.2) is 4.79 Å². The predicted octanol–water partition coefficient (Wildman–Crippen LogP) is -1.31. The van der Waals surface area contributed by atoms with Gasteiger partial charge < -0.3 is 14.9 Å². The molecule has 2 heterocycles. The lowest BCUT2D eigenvalue weighted by molar-refractivity contribution is -0.220. The Labute approximate surface area is 96.1 Å². The standard InChI is InChI=1S/C9H13FN2O5/c10-9(3-5(14)6(4-13)17-9)12-2-1-7(15)11-8(12)16/h5-6,13-14H,1-4H2,(H,11,15,16)/t5-,6+,9+/m0/s1. The highest BCUT2D eigenvalue weighted by Crippen LogP contribution is 2.36. The second kappa shape index (κ2) is 4.21. The predicted molar refractivity (Wildman–Crippen MR) is 51.3 cm³/mol. The molecule has 0 aliphatic carbocycles. The Morgan fingerprint density at radius 3 is 2.82 bits per heavy atom. The summed E-state index contributed by atoms with van der Waals surface area (Å²) in [7, 11) is 0. The molecule has 7 nitrogen and oxygen atoms in total. The Bertz CT molecular complexity index is 352. The maximum absolute atomic E-state index is 14.3. The van der Waals surface area contributed by atoms with E-state index < -0.39 is 43.2 Å². The molecular weight excluding hydrogens is 235 g/mol. The minimum Gasteiger partial charge on any atom is -0.394 e. The van der Waals surface area contributed by atoms with E-state index in [1.807, 2.05) is 5.32 Å². The molecule has 0 radical (unpaired) electrons. The van der Waals surface area contributed by atoms with Gasteiger partial charge in [0.25, 0.3) is 5.98 Å². The van der Waals surface area contributed by atoms with E-state index in [2.05, 4.69) is 0 Å². The van der Waals surface area contributed by atoms with E-state index in [1.54, 1.807) is 0 Å². The molecule has 2 rings (SSSR count). The van der Waals surface area contributed by atoms with Crippen molar-refractivity contribution in [2.45, 2.75) is 31.0 Å². The Kier molecular flexibility index (Phi) is 3.02. The van der Waals surface area contributed by atoms with Crippen LogP contribution in [0.3, 0.4) is 0 Å². The van der Waals surface area contributed by atoms with Crippen LogP contribution < -0.4 is 5.32 Å². The van der Waals surface area contributed by atoms with Gasteiger partial charge in [-0.2, -0.15) is 4.39 Å². The van der Waals surface area contributed by atoms with Gasteiger partial charge in [-0.1, -0.05) is 0 Å². The lowest BCUT2D eigenvalue weighted by atomic mass is 10.1. The van der Waals surface area contributed by atoms with E-state index in [1.165, 1.54) is 0 Å². The number of nitrogens with one attached hydrogen (secondary N) is 1. The summed E-state index contributed by atoms with van der Waals surface area (Å²) in [6.45, 7) is -0.659. The van der Waals surface area contributed by atoms with Crippen LogP contribution in [0.4, 0.5) is 9.18 Å². The monoisotopic (exact) mass is 248 g/mol. The molecule has 0 aromatic carbocycles. The van der Waals surface area contributed by atoms with Gasteiger partial charge in [0.05, 0.1) is 19.1 Å². The number of halogens is 1. The summed E-state index contributed by atoms with van der Waals surface area (Å²) in [6.07, 6.45) is -2.72. The minimum absolute atomic E-state index is 0.0271. The summed E-state index contributed by atoms with van der Waals surface area (Å²) in [5.41, 5.74) is 0. The zero-order valence-corrected chi connectivity index (χ0v) is 8.93. The van der Waals surface area contributed by atoms with Gasteiger partial charge in [-0.05, 0) is 0 Å². The van der Waals surface area contributed by atoms with Crippen molar-refractivity contribution in [2.24, 2.45) is 0 Å². The first-order chi connectivity index (χ1) is 7.96.